The first-order valence-corrected chi connectivity index (χ1v) is 4.65. The van der Waals surface area contributed by atoms with Gasteiger partial charge in [-0.3, -0.25) is 9.69 Å². The summed E-state index contributed by atoms with van der Waals surface area (Å²) in [5.74, 6) is -0.228. The predicted molar refractivity (Wildman–Crippen MR) is 48.3 cm³/mol. The number of aliphatic hydroxyl groups is 1. The molecule has 0 amide bonds. The first-order valence-electron chi connectivity index (χ1n) is 4.65. The van der Waals surface area contributed by atoms with E-state index in [-0.39, 0.29) is 18.1 Å². The third-order valence-electron chi connectivity index (χ3n) is 2.52. The summed E-state index contributed by atoms with van der Waals surface area (Å²) >= 11 is 0. The van der Waals surface area contributed by atoms with Crippen molar-refractivity contribution in [2.45, 2.75) is 31.9 Å². The standard InChI is InChI=1S/C9H17NO3/c1-7(9(12)13-2)10-5-3-4-8(11)6-10/h7-8,11H,3-6H2,1-2H3/t7-,8?/m0/s1. The Balaban J connectivity index is 2.45. The second kappa shape index (κ2) is 4.58. The van der Waals surface area contributed by atoms with Crippen molar-refractivity contribution in [2.24, 2.45) is 0 Å². The van der Waals surface area contributed by atoms with E-state index in [9.17, 15) is 9.90 Å². The normalized spacial score (nSPS) is 26.8. The quantitative estimate of drug-likeness (QED) is 0.618. The Kier molecular flexibility index (Phi) is 3.69. The van der Waals surface area contributed by atoms with Crippen LogP contribution in [0.25, 0.3) is 0 Å². The maximum absolute atomic E-state index is 11.2. The molecule has 0 aliphatic carbocycles. The van der Waals surface area contributed by atoms with Crippen molar-refractivity contribution >= 4 is 5.97 Å². The van der Waals surface area contributed by atoms with Crippen LogP contribution in [0.15, 0.2) is 0 Å². The molecule has 1 unspecified atom stereocenters. The predicted octanol–water partition coefficient (Wildman–Crippen LogP) is 0.00460. The largest absolute Gasteiger partial charge is 0.468 e. The van der Waals surface area contributed by atoms with Crippen LogP contribution in [0.2, 0.25) is 0 Å². The molecule has 0 aromatic rings. The highest BCUT2D eigenvalue weighted by atomic mass is 16.5. The molecule has 0 radical (unpaired) electrons. The molecule has 0 bridgehead atoms. The number of esters is 1. The van der Waals surface area contributed by atoms with Crippen LogP contribution < -0.4 is 0 Å². The van der Waals surface area contributed by atoms with E-state index in [4.69, 9.17) is 0 Å². The maximum atomic E-state index is 11.2. The molecule has 4 nitrogen and oxygen atoms in total. The molecule has 0 aromatic carbocycles. The van der Waals surface area contributed by atoms with Crippen molar-refractivity contribution in [2.75, 3.05) is 20.2 Å². The fourth-order valence-electron chi connectivity index (χ4n) is 1.65. The summed E-state index contributed by atoms with van der Waals surface area (Å²) in [5, 5.41) is 9.39. The Labute approximate surface area is 78.5 Å². The lowest BCUT2D eigenvalue weighted by Crippen LogP contribution is -2.47. The van der Waals surface area contributed by atoms with Gasteiger partial charge in [-0.25, -0.2) is 0 Å². The average molecular weight is 187 g/mol. The number of β-amino-alcohol motifs (C(OH)–C–C–N with tert-alkyl or cyclic N) is 1. The molecule has 1 N–H and O–H groups in total. The summed E-state index contributed by atoms with van der Waals surface area (Å²) in [6.07, 6.45) is 1.49. The summed E-state index contributed by atoms with van der Waals surface area (Å²) in [5.41, 5.74) is 0. The summed E-state index contributed by atoms with van der Waals surface area (Å²) < 4.78 is 4.64. The van der Waals surface area contributed by atoms with Crippen molar-refractivity contribution in [3.8, 4) is 0 Å². The van der Waals surface area contributed by atoms with Gasteiger partial charge in [0.25, 0.3) is 0 Å². The van der Waals surface area contributed by atoms with Gasteiger partial charge in [0.2, 0.25) is 0 Å². The molecule has 1 aliphatic heterocycles. The minimum Gasteiger partial charge on any atom is -0.468 e. The number of nitrogens with zero attached hydrogens (tertiary/aromatic N) is 1. The number of aliphatic hydroxyl groups excluding tert-OH is 1. The number of ether oxygens (including phenoxy) is 1. The Morgan fingerprint density at radius 3 is 2.92 bits per heavy atom. The molecule has 13 heavy (non-hydrogen) atoms. The molecule has 1 aliphatic rings. The zero-order valence-corrected chi connectivity index (χ0v) is 8.19. The number of piperidine rings is 1. The molecular formula is C9H17NO3. The monoisotopic (exact) mass is 187 g/mol. The number of carbonyl (C=O) groups excluding carboxylic acids is 1. The number of hydrogen-bond donors (Lipinski definition) is 1. The smallest absolute Gasteiger partial charge is 0.322 e. The van der Waals surface area contributed by atoms with Crippen LogP contribution in [0.4, 0.5) is 0 Å². The van der Waals surface area contributed by atoms with Gasteiger partial charge < -0.3 is 9.84 Å². The second-order valence-electron chi connectivity index (χ2n) is 3.49. The molecule has 4 heteroatoms. The Morgan fingerprint density at radius 1 is 1.69 bits per heavy atom. The van der Waals surface area contributed by atoms with Gasteiger partial charge in [0.05, 0.1) is 13.2 Å². The number of methoxy groups -OCH3 is 1. The van der Waals surface area contributed by atoms with Crippen LogP contribution in [-0.4, -0.2) is 48.3 Å². The van der Waals surface area contributed by atoms with Gasteiger partial charge in [0, 0.05) is 6.54 Å². The molecule has 1 heterocycles. The van der Waals surface area contributed by atoms with E-state index in [1.165, 1.54) is 7.11 Å². The van der Waals surface area contributed by atoms with Gasteiger partial charge in [-0.05, 0) is 26.3 Å². The van der Waals surface area contributed by atoms with Crippen LogP contribution in [0.5, 0.6) is 0 Å². The van der Waals surface area contributed by atoms with E-state index in [0.29, 0.717) is 6.54 Å². The number of carbonyl (C=O) groups is 1. The highest BCUT2D eigenvalue weighted by molar-refractivity contribution is 5.75. The maximum Gasteiger partial charge on any atom is 0.322 e. The third kappa shape index (κ3) is 2.67. The van der Waals surface area contributed by atoms with Crippen molar-refractivity contribution in [1.82, 2.24) is 4.90 Å². The average Bonchev–Trinajstić information content (AvgIpc) is 2.15. The summed E-state index contributed by atoms with van der Waals surface area (Å²) in [6, 6.07) is -0.236. The fourth-order valence-corrected chi connectivity index (χ4v) is 1.65. The summed E-state index contributed by atoms with van der Waals surface area (Å²) in [4.78, 5) is 13.1. The second-order valence-corrected chi connectivity index (χ2v) is 3.49. The van der Waals surface area contributed by atoms with Crippen molar-refractivity contribution in [3.63, 3.8) is 0 Å². The minimum absolute atomic E-state index is 0.228. The Morgan fingerprint density at radius 2 is 2.38 bits per heavy atom. The van der Waals surface area contributed by atoms with E-state index in [1.807, 2.05) is 11.8 Å². The van der Waals surface area contributed by atoms with Crippen molar-refractivity contribution in [1.29, 1.82) is 0 Å². The molecule has 1 rings (SSSR count). The van der Waals surface area contributed by atoms with E-state index in [0.717, 1.165) is 19.4 Å². The zero-order chi connectivity index (χ0) is 9.84. The molecule has 1 saturated heterocycles. The van der Waals surface area contributed by atoms with Gasteiger partial charge in [-0.1, -0.05) is 0 Å². The van der Waals surface area contributed by atoms with Crippen molar-refractivity contribution in [3.05, 3.63) is 0 Å². The summed E-state index contributed by atoms with van der Waals surface area (Å²) in [7, 11) is 1.39. The van der Waals surface area contributed by atoms with Crippen molar-refractivity contribution < 1.29 is 14.6 Å². The van der Waals surface area contributed by atoms with E-state index < -0.39 is 0 Å². The zero-order valence-electron chi connectivity index (χ0n) is 8.19. The van der Waals surface area contributed by atoms with E-state index in [2.05, 4.69) is 4.74 Å². The van der Waals surface area contributed by atoms with Gasteiger partial charge in [0.1, 0.15) is 6.04 Å². The molecule has 0 spiro atoms. The number of likely N-dealkylation sites (tertiary alicyclic amines) is 1. The third-order valence-corrected chi connectivity index (χ3v) is 2.52. The molecule has 0 aromatic heterocycles. The van der Waals surface area contributed by atoms with Crippen LogP contribution in [0, 0.1) is 0 Å². The van der Waals surface area contributed by atoms with Crippen LogP contribution in [0.1, 0.15) is 19.8 Å². The lowest BCUT2D eigenvalue weighted by molar-refractivity contribution is -0.147. The van der Waals surface area contributed by atoms with Crippen LogP contribution >= 0.6 is 0 Å². The van der Waals surface area contributed by atoms with Crippen LogP contribution in [0.3, 0.4) is 0 Å². The van der Waals surface area contributed by atoms with Gasteiger partial charge in [-0.2, -0.15) is 0 Å². The van der Waals surface area contributed by atoms with Gasteiger partial charge in [0.15, 0.2) is 0 Å². The molecule has 1 fully saturated rings. The molecule has 76 valence electrons. The lowest BCUT2D eigenvalue weighted by Gasteiger charge is -2.33. The highest BCUT2D eigenvalue weighted by Gasteiger charge is 2.26. The lowest BCUT2D eigenvalue weighted by atomic mass is 10.1. The first-order chi connectivity index (χ1) is 6.15. The molecule has 0 saturated carbocycles. The molecular weight excluding hydrogens is 170 g/mol. The van der Waals surface area contributed by atoms with E-state index in [1.54, 1.807) is 0 Å². The number of hydrogen-bond acceptors (Lipinski definition) is 4. The summed E-state index contributed by atoms with van der Waals surface area (Å²) in [6.45, 7) is 3.26. The van der Waals surface area contributed by atoms with Crippen LogP contribution in [-0.2, 0) is 9.53 Å². The topological polar surface area (TPSA) is 49.8 Å². The first kappa shape index (κ1) is 10.5. The fraction of sp³-hybridized carbons (Fsp3) is 0.889. The minimum atomic E-state index is -0.291. The van der Waals surface area contributed by atoms with E-state index >= 15 is 0 Å². The van der Waals surface area contributed by atoms with Gasteiger partial charge in [-0.15, -0.1) is 0 Å². The Bertz CT molecular complexity index is 184. The SMILES string of the molecule is COC(=O)[C@H](C)N1CCCC(O)C1. The Hall–Kier alpha value is -0.610. The molecule has 2 atom stereocenters. The van der Waals surface area contributed by atoms with Gasteiger partial charge >= 0.3 is 5.97 Å². The number of rotatable bonds is 2. The highest BCUT2D eigenvalue weighted by Crippen LogP contribution is 2.13.